The van der Waals surface area contributed by atoms with Gasteiger partial charge in [-0.3, -0.25) is 4.90 Å². The maximum absolute atomic E-state index is 5.97. The van der Waals surface area contributed by atoms with Crippen molar-refractivity contribution in [1.29, 1.82) is 0 Å². The molecule has 0 fully saturated rings. The van der Waals surface area contributed by atoms with E-state index in [2.05, 4.69) is 53.5 Å². The second-order valence-corrected chi connectivity index (χ2v) is 5.52. The zero-order chi connectivity index (χ0) is 17.1. The molecule has 0 atom stereocenters. The van der Waals surface area contributed by atoms with Gasteiger partial charge in [0.15, 0.2) is 0 Å². The molecule has 130 valence electrons. The van der Waals surface area contributed by atoms with E-state index in [0.717, 1.165) is 38.2 Å². The van der Waals surface area contributed by atoms with Crippen molar-refractivity contribution in [3.05, 3.63) is 41.7 Å². The van der Waals surface area contributed by atoms with E-state index in [1.54, 1.807) is 0 Å². The van der Waals surface area contributed by atoms with Gasteiger partial charge in [0, 0.05) is 51.7 Å². The summed E-state index contributed by atoms with van der Waals surface area (Å²) in [4.78, 5) is 4.57. The molecule has 0 unspecified atom stereocenters. The van der Waals surface area contributed by atoms with Crippen LogP contribution in [0.4, 0.5) is 0 Å². The number of aryl methyl sites for hydroxylation is 1. The van der Waals surface area contributed by atoms with Crippen molar-refractivity contribution in [3.63, 3.8) is 0 Å². The van der Waals surface area contributed by atoms with Crippen molar-refractivity contribution in [2.24, 2.45) is 0 Å². The van der Waals surface area contributed by atoms with Gasteiger partial charge in [-0.1, -0.05) is 39.0 Å². The predicted molar refractivity (Wildman–Crippen MR) is 98.5 cm³/mol. The SMILES string of the molecule is CC.CCc1cccc2c1OCN(CCCN(C)/C=C\NC)C2. The Balaban J connectivity index is 0.00000127. The molecule has 2 rings (SSSR count). The maximum Gasteiger partial charge on any atom is 0.142 e. The third-order valence-corrected chi connectivity index (χ3v) is 3.83. The number of fused-ring (bicyclic) bond motifs is 1. The lowest BCUT2D eigenvalue weighted by molar-refractivity contribution is 0.0916. The van der Waals surface area contributed by atoms with E-state index in [0.29, 0.717) is 6.73 Å². The molecular weight excluding hydrogens is 286 g/mol. The zero-order valence-electron chi connectivity index (χ0n) is 15.4. The van der Waals surface area contributed by atoms with Gasteiger partial charge in [0.2, 0.25) is 0 Å². The van der Waals surface area contributed by atoms with E-state index in [1.165, 1.54) is 11.1 Å². The van der Waals surface area contributed by atoms with E-state index in [-0.39, 0.29) is 0 Å². The summed E-state index contributed by atoms with van der Waals surface area (Å²) < 4.78 is 5.97. The van der Waals surface area contributed by atoms with Crippen molar-refractivity contribution < 1.29 is 4.74 Å². The predicted octanol–water partition coefficient (Wildman–Crippen LogP) is 3.44. The first-order chi connectivity index (χ1) is 11.2. The molecule has 1 aromatic carbocycles. The Labute approximate surface area is 142 Å². The molecule has 1 heterocycles. The number of benzene rings is 1. The lowest BCUT2D eigenvalue weighted by Gasteiger charge is -2.30. The molecule has 0 saturated heterocycles. The van der Waals surface area contributed by atoms with Gasteiger partial charge in [-0.2, -0.15) is 0 Å². The molecule has 0 aromatic heterocycles. The summed E-state index contributed by atoms with van der Waals surface area (Å²) in [6.45, 7) is 10.0. The zero-order valence-corrected chi connectivity index (χ0v) is 15.4. The highest BCUT2D eigenvalue weighted by Gasteiger charge is 2.18. The van der Waals surface area contributed by atoms with Gasteiger partial charge in [-0.15, -0.1) is 0 Å². The van der Waals surface area contributed by atoms with Gasteiger partial charge in [0.25, 0.3) is 0 Å². The fourth-order valence-corrected chi connectivity index (χ4v) is 2.63. The summed E-state index contributed by atoms with van der Waals surface area (Å²) in [6, 6.07) is 6.49. The minimum atomic E-state index is 0.708. The summed E-state index contributed by atoms with van der Waals surface area (Å²) in [5.41, 5.74) is 2.65. The van der Waals surface area contributed by atoms with Crippen molar-refractivity contribution in [2.45, 2.75) is 40.2 Å². The smallest absolute Gasteiger partial charge is 0.142 e. The van der Waals surface area contributed by atoms with Crippen LogP contribution in [0.2, 0.25) is 0 Å². The molecule has 1 aliphatic rings. The lowest BCUT2D eigenvalue weighted by atomic mass is 10.1. The Morgan fingerprint density at radius 3 is 2.83 bits per heavy atom. The van der Waals surface area contributed by atoms with E-state index in [1.807, 2.05) is 27.1 Å². The average Bonchev–Trinajstić information content (AvgIpc) is 2.61. The minimum absolute atomic E-state index is 0.708. The maximum atomic E-state index is 5.97. The highest BCUT2D eigenvalue weighted by Crippen LogP contribution is 2.29. The molecule has 4 nitrogen and oxygen atoms in total. The Bertz CT molecular complexity index is 474. The van der Waals surface area contributed by atoms with Gasteiger partial charge in [0.05, 0.1) is 0 Å². The highest BCUT2D eigenvalue weighted by molar-refractivity contribution is 5.42. The third kappa shape index (κ3) is 6.14. The van der Waals surface area contributed by atoms with Crippen LogP contribution >= 0.6 is 0 Å². The van der Waals surface area contributed by atoms with Crippen LogP contribution in [0.15, 0.2) is 30.6 Å². The molecule has 1 N–H and O–H groups in total. The summed E-state index contributed by atoms with van der Waals surface area (Å²) in [6.07, 6.45) is 6.19. The Kier molecular flexibility index (Phi) is 9.22. The number of hydrogen-bond donors (Lipinski definition) is 1. The van der Waals surface area contributed by atoms with Gasteiger partial charge in [-0.05, 0) is 18.4 Å². The summed E-state index contributed by atoms with van der Waals surface area (Å²) in [5, 5.41) is 3.01. The van der Waals surface area contributed by atoms with Crippen molar-refractivity contribution in [1.82, 2.24) is 15.1 Å². The Morgan fingerprint density at radius 1 is 1.35 bits per heavy atom. The summed E-state index contributed by atoms with van der Waals surface area (Å²) in [7, 11) is 4.01. The van der Waals surface area contributed by atoms with Crippen LogP contribution in [0.3, 0.4) is 0 Å². The van der Waals surface area contributed by atoms with Crippen LogP contribution in [-0.2, 0) is 13.0 Å². The van der Waals surface area contributed by atoms with Gasteiger partial charge >= 0.3 is 0 Å². The molecule has 0 aliphatic carbocycles. The number of para-hydroxylation sites is 1. The summed E-state index contributed by atoms with van der Waals surface area (Å²) >= 11 is 0. The molecular formula is C19H33N3O. The lowest BCUT2D eigenvalue weighted by Crippen LogP contribution is -2.34. The number of ether oxygens (including phenoxy) is 1. The van der Waals surface area contributed by atoms with E-state index in [4.69, 9.17) is 4.74 Å². The topological polar surface area (TPSA) is 27.7 Å². The van der Waals surface area contributed by atoms with Crippen molar-refractivity contribution >= 4 is 0 Å². The second-order valence-electron chi connectivity index (χ2n) is 5.52. The van der Waals surface area contributed by atoms with Crippen LogP contribution < -0.4 is 10.1 Å². The Hall–Kier alpha value is -1.68. The Morgan fingerprint density at radius 2 is 2.13 bits per heavy atom. The van der Waals surface area contributed by atoms with Gasteiger partial charge in [0.1, 0.15) is 12.5 Å². The monoisotopic (exact) mass is 319 g/mol. The molecule has 1 aromatic rings. The van der Waals surface area contributed by atoms with Gasteiger partial charge < -0.3 is 15.0 Å². The standard InChI is InChI=1S/C17H27N3O.C2H6/c1-4-15-7-5-8-16-13-20(14-21-17(15)16)11-6-10-19(3)12-9-18-2;1-2/h5,7-9,12,18H,4,6,10-11,13-14H2,1-3H3;1-2H3/b12-9-;. The first kappa shape index (κ1) is 19.4. The summed E-state index contributed by atoms with van der Waals surface area (Å²) in [5.74, 6) is 1.12. The molecule has 0 amide bonds. The fraction of sp³-hybridized carbons (Fsp3) is 0.579. The molecule has 0 radical (unpaired) electrons. The second kappa shape index (κ2) is 10.9. The number of nitrogens with zero attached hydrogens (tertiary/aromatic N) is 2. The van der Waals surface area contributed by atoms with Crippen LogP contribution in [0.1, 0.15) is 38.3 Å². The number of nitrogens with one attached hydrogen (secondary N) is 1. The number of hydrogen-bond acceptors (Lipinski definition) is 4. The van der Waals surface area contributed by atoms with E-state index >= 15 is 0 Å². The normalized spacial score (nSPS) is 13.8. The van der Waals surface area contributed by atoms with E-state index in [9.17, 15) is 0 Å². The molecule has 0 bridgehead atoms. The fourth-order valence-electron chi connectivity index (χ4n) is 2.63. The molecule has 1 aliphatic heterocycles. The van der Waals surface area contributed by atoms with Crippen LogP contribution in [0, 0.1) is 0 Å². The van der Waals surface area contributed by atoms with E-state index < -0.39 is 0 Å². The highest BCUT2D eigenvalue weighted by atomic mass is 16.5. The molecule has 4 heteroatoms. The molecule has 0 spiro atoms. The van der Waals surface area contributed by atoms with Crippen LogP contribution in [0.5, 0.6) is 5.75 Å². The first-order valence-corrected chi connectivity index (χ1v) is 8.74. The minimum Gasteiger partial charge on any atom is -0.478 e. The molecule has 0 saturated carbocycles. The average molecular weight is 319 g/mol. The van der Waals surface area contributed by atoms with Gasteiger partial charge in [-0.25, -0.2) is 0 Å². The first-order valence-electron chi connectivity index (χ1n) is 8.74. The quantitative estimate of drug-likeness (QED) is 0.833. The third-order valence-electron chi connectivity index (χ3n) is 3.83. The van der Waals surface area contributed by atoms with Crippen molar-refractivity contribution in [2.75, 3.05) is 33.9 Å². The molecule has 23 heavy (non-hydrogen) atoms. The van der Waals surface area contributed by atoms with Crippen molar-refractivity contribution in [3.8, 4) is 5.75 Å². The van der Waals surface area contributed by atoms with Crippen LogP contribution in [0.25, 0.3) is 0 Å². The largest absolute Gasteiger partial charge is 0.478 e. The number of rotatable bonds is 7. The van der Waals surface area contributed by atoms with Crippen LogP contribution in [-0.4, -0.2) is 43.7 Å².